The van der Waals surface area contributed by atoms with E-state index in [1.807, 2.05) is 0 Å². The Morgan fingerprint density at radius 2 is 1.52 bits per heavy atom. The second-order valence-electron chi connectivity index (χ2n) is 3.90. The monoisotopic (exact) mass is 366 g/mol. The summed E-state index contributed by atoms with van der Waals surface area (Å²) in [5, 5.41) is 4.14. The number of methoxy groups -OCH3 is 2. The Balaban J connectivity index is 2.44. The predicted octanol–water partition coefficient (Wildman–Crippen LogP) is 5.46. The summed E-state index contributed by atoms with van der Waals surface area (Å²) in [7, 11) is 3.04. The van der Waals surface area contributed by atoms with Crippen molar-refractivity contribution in [2.75, 3.05) is 19.5 Å². The van der Waals surface area contributed by atoms with Gasteiger partial charge in [-0.25, -0.2) is 4.98 Å². The summed E-state index contributed by atoms with van der Waals surface area (Å²) in [5.41, 5.74) is 0.566. The molecule has 4 nitrogen and oxygen atoms in total. The lowest BCUT2D eigenvalue weighted by atomic mass is 10.2. The number of halogens is 4. The molecular formula is C13H10Cl4N2O2. The highest BCUT2D eigenvalue weighted by molar-refractivity contribution is 6.43. The molecule has 0 atom stereocenters. The Kier molecular flexibility index (Phi) is 5.27. The molecule has 1 heterocycles. The Bertz CT molecular complexity index is 680. The number of aromatic nitrogens is 1. The van der Waals surface area contributed by atoms with Crippen molar-refractivity contribution in [3.8, 4) is 11.5 Å². The Morgan fingerprint density at radius 3 is 2.14 bits per heavy atom. The third-order valence-electron chi connectivity index (χ3n) is 2.61. The van der Waals surface area contributed by atoms with Crippen molar-refractivity contribution in [3.63, 3.8) is 0 Å². The van der Waals surface area contributed by atoms with E-state index < -0.39 is 0 Å². The smallest absolute Gasteiger partial charge is 0.151 e. The standard InChI is InChI=1S/C13H10Cl4N2O2/c1-20-10-5-11(21-2)9(4-6(10)14)18-13-8(16)3-7(15)12(17)19-13/h3-5H,1-2H3,(H,18,19). The topological polar surface area (TPSA) is 43.4 Å². The quantitative estimate of drug-likeness (QED) is 0.729. The molecule has 8 heteroatoms. The molecule has 0 saturated carbocycles. The van der Waals surface area contributed by atoms with Crippen LogP contribution in [0.5, 0.6) is 11.5 Å². The van der Waals surface area contributed by atoms with Gasteiger partial charge < -0.3 is 14.8 Å². The van der Waals surface area contributed by atoms with E-state index in [9.17, 15) is 0 Å². The number of hydrogen-bond acceptors (Lipinski definition) is 4. The van der Waals surface area contributed by atoms with Crippen molar-refractivity contribution in [1.29, 1.82) is 0 Å². The normalized spacial score (nSPS) is 10.4. The molecule has 1 aromatic heterocycles. The number of ether oxygens (including phenoxy) is 2. The molecule has 0 bridgehead atoms. The van der Waals surface area contributed by atoms with Crippen LogP contribution in [0.4, 0.5) is 11.5 Å². The van der Waals surface area contributed by atoms with Crippen LogP contribution < -0.4 is 14.8 Å². The lowest BCUT2D eigenvalue weighted by Crippen LogP contribution is -1.99. The van der Waals surface area contributed by atoms with Gasteiger partial charge in [0, 0.05) is 6.07 Å². The first-order chi connectivity index (χ1) is 9.96. The molecule has 0 spiro atoms. The summed E-state index contributed by atoms with van der Waals surface area (Å²) in [5.74, 6) is 1.35. The molecule has 1 aromatic carbocycles. The minimum absolute atomic E-state index is 0.141. The van der Waals surface area contributed by atoms with Crippen LogP contribution >= 0.6 is 46.4 Å². The van der Waals surface area contributed by atoms with Gasteiger partial charge in [-0.3, -0.25) is 0 Å². The highest BCUT2D eigenvalue weighted by Gasteiger charge is 2.13. The number of nitrogens with zero attached hydrogens (tertiary/aromatic N) is 1. The molecule has 0 aliphatic carbocycles. The number of pyridine rings is 1. The summed E-state index contributed by atoms with van der Waals surface area (Å²) in [6.45, 7) is 0. The summed E-state index contributed by atoms with van der Waals surface area (Å²) in [4.78, 5) is 4.08. The maximum atomic E-state index is 6.10. The summed E-state index contributed by atoms with van der Waals surface area (Å²) >= 11 is 23.9. The van der Waals surface area contributed by atoms with Crippen LogP contribution in [-0.4, -0.2) is 19.2 Å². The molecule has 21 heavy (non-hydrogen) atoms. The first kappa shape index (κ1) is 16.3. The van der Waals surface area contributed by atoms with Gasteiger partial charge in [-0.05, 0) is 12.1 Å². The van der Waals surface area contributed by atoms with Crippen LogP contribution in [0.3, 0.4) is 0 Å². The molecule has 2 aromatic rings. The maximum Gasteiger partial charge on any atom is 0.151 e. The summed E-state index contributed by atoms with van der Waals surface area (Å²) in [6.07, 6.45) is 0. The molecule has 2 rings (SSSR count). The van der Waals surface area contributed by atoms with E-state index in [4.69, 9.17) is 55.9 Å². The van der Waals surface area contributed by atoms with Crippen LogP contribution in [0.1, 0.15) is 0 Å². The SMILES string of the molecule is COc1cc(OC)c(Nc2nc(Cl)c(Cl)cc2Cl)cc1Cl. The summed E-state index contributed by atoms with van der Waals surface area (Å²) in [6, 6.07) is 4.79. The van der Waals surface area contributed by atoms with E-state index in [-0.39, 0.29) is 10.2 Å². The lowest BCUT2D eigenvalue weighted by molar-refractivity contribution is 0.396. The van der Waals surface area contributed by atoms with E-state index in [0.29, 0.717) is 33.0 Å². The second-order valence-corrected chi connectivity index (χ2v) is 5.48. The number of nitrogens with one attached hydrogen (secondary N) is 1. The third-order valence-corrected chi connectivity index (χ3v) is 3.87. The number of benzene rings is 1. The molecule has 112 valence electrons. The average Bonchev–Trinajstić information content (AvgIpc) is 2.45. The van der Waals surface area contributed by atoms with Crippen LogP contribution in [-0.2, 0) is 0 Å². The molecule has 0 radical (unpaired) electrons. The number of hydrogen-bond donors (Lipinski definition) is 1. The van der Waals surface area contributed by atoms with Gasteiger partial charge in [0.15, 0.2) is 5.82 Å². The van der Waals surface area contributed by atoms with Crippen LogP contribution in [0.15, 0.2) is 18.2 Å². The Morgan fingerprint density at radius 1 is 0.857 bits per heavy atom. The summed E-state index contributed by atoms with van der Waals surface area (Å²) < 4.78 is 10.4. The van der Waals surface area contributed by atoms with E-state index in [1.165, 1.54) is 20.3 Å². The van der Waals surface area contributed by atoms with Gasteiger partial charge in [-0.1, -0.05) is 46.4 Å². The van der Waals surface area contributed by atoms with Crippen LogP contribution in [0, 0.1) is 0 Å². The molecule has 1 N–H and O–H groups in total. The maximum absolute atomic E-state index is 6.10. The van der Waals surface area contributed by atoms with E-state index in [2.05, 4.69) is 10.3 Å². The first-order valence-corrected chi connectivity index (χ1v) is 7.17. The van der Waals surface area contributed by atoms with E-state index in [1.54, 1.807) is 12.1 Å². The van der Waals surface area contributed by atoms with Crippen molar-refractivity contribution in [1.82, 2.24) is 4.98 Å². The zero-order chi connectivity index (χ0) is 15.6. The fourth-order valence-corrected chi connectivity index (χ4v) is 2.40. The Hall–Kier alpha value is -1.07. The predicted molar refractivity (Wildman–Crippen MR) is 87.1 cm³/mol. The molecule has 0 aliphatic rings. The van der Waals surface area contributed by atoms with Gasteiger partial charge in [0.2, 0.25) is 0 Å². The third kappa shape index (κ3) is 3.58. The highest BCUT2D eigenvalue weighted by Crippen LogP contribution is 2.39. The molecule has 0 amide bonds. The second kappa shape index (κ2) is 6.79. The van der Waals surface area contributed by atoms with Gasteiger partial charge in [-0.2, -0.15) is 0 Å². The molecule has 0 unspecified atom stereocenters. The Labute approximate surface area is 141 Å². The van der Waals surface area contributed by atoms with Crippen molar-refractivity contribution in [3.05, 3.63) is 38.4 Å². The van der Waals surface area contributed by atoms with Crippen molar-refractivity contribution < 1.29 is 9.47 Å². The van der Waals surface area contributed by atoms with E-state index >= 15 is 0 Å². The van der Waals surface area contributed by atoms with Crippen LogP contribution in [0.2, 0.25) is 20.2 Å². The highest BCUT2D eigenvalue weighted by atomic mass is 35.5. The molecule has 0 fully saturated rings. The largest absolute Gasteiger partial charge is 0.495 e. The zero-order valence-corrected chi connectivity index (χ0v) is 14.0. The van der Waals surface area contributed by atoms with Gasteiger partial charge >= 0.3 is 0 Å². The average molecular weight is 368 g/mol. The van der Waals surface area contributed by atoms with Crippen LogP contribution in [0.25, 0.3) is 0 Å². The van der Waals surface area contributed by atoms with Gasteiger partial charge in [0.05, 0.1) is 35.0 Å². The van der Waals surface area contributed by atoms with Crippen molar-refractivity contribution in [2.24, 2.45) is 0 Å². The van der Waals surface area contributed by atoms with Gasteiger partial charge in [0.25, 0.3) is 0 Å². The number of rotatable bonds is 4. The first-order valence-electron chi connectivity index (χ1n) is 5.66. The van der Waals surface area contributed by atoms with Gasteiger partial charge in [-0.15, -0.1) is 0 Å². The minimum Gasteiger partial charge on any atom is -0.495 e. The lowest BCUT2D eigenvalue weighted by Gasteiger charge is -2.14. The van der Waals surface area contributed by atoms with E-state index in [0.717, 1.165) is 0 Å². The van der Waals surface area contributed by atoms with Gasteiger partial charge in [0.1, 0.15) is 16.7 Å². The molecular weight excluding hydrogens is 358 g/mol. The minimum atomic E-state index is 0.141. The molecule has 0 aliphatic heterocycles. The zero-order valence-electron chi connectivity index (χ0n) is 11.0. The number of anilines is 2. The van der Waals surface area contributed by atoms with Crippen molar-refractivity contribution >= 4 is 57.9 Å². The fourth-order valence-electron chi connectivity index (χ4n) is 1.62. The molecule has 0 saturated heterocycles. The van der Waals surface area contributed by atoms with Crippen molar-refractivity contribution in [2.45, 2.75) is 0 Å². The fraction of sp³-hybridized carbons (Fsp3) is 0.154.